The van der Waals surface area contributed by atoms with Crippen molar-refractivity contribution in [3.63, 3.8) is 0 Å². The molecule has 1 spiro atoms. The van der Waals surface area contributed by atoms with E-state index in [9.17, 15) is 9.59 Å². The Bertz CT molecular complexity index is 418. The van der Waals surface area contributed by atoms with Gasteiger partial charge in [0.2, 0.25) is 11.8 Å². The van der Waals surface area contributed by atoms with Crippen molar-refractivity contribution in [2.24, 2.45) is 29.1 Å². The van der Waals surface area contributed by atoms with Crippen LogP contribution in [0.25, 0.3) is 0 Å². The fraction of sp³-hybridized carbons (Fsp3) is 0.692. The maximum Gasteiger partial charge on any atom is 0.233 e. The van der Waals surface area contributed by atoms with Crippen LogP contribution in [0.1, 0.15) is 12.8 Å². The maximum absolute atomic E-state index is 12.3. The van der Waals surface area contributed by atoms with Gasteiger partial charge in [0.1, 0.15) is 0 Å². The van der Waals surface area contributed by atoms with Gasteiger partial charge in [-0.2, -0.15) is 0 Å². The third-order valence-corrected chi connectivity index (χ3v) is 5.27. The second kappa shape index (κ2) is 2.80. The Kier molecular flexibility index (Phi) is 1.62. The summed E-state index contributed by atoms with van der Waals surface area (Å²) < 4.78 is 0. The second-order valence-electron chi connectivity index (χ2n) is 5.77. The highest BCUT2D eigenvalue weighted by Gasteiger charge is 2.73. The van der Waals surface area contributed by atoms with E-state index < -0.39 is 0 Å². The molecular weight excluding hydrogens is 218 g/mol. The Labute approximate surface area is 99.3 Å². The summed E-state index contributed by atoms with van der Waals surface area (Å²) in [5.41, 5.74) is 0.270. The molecule has 4 heteroatoms. The van der Waals surface area contributed by atoms with Crippen molar-refractivity contribution in [3.05, 3.63) is 12.2 Å². The minimum absolute atomic E-state index is 0.0443. The van der Waals surface area contributed by atoms with E-state index >= 15 is 0 Å². The predicted molar refractivity (Wildman–Crippen MR) is 58.6 cm³/mol. The van der Waals surface area contributed by atoms with Gasteiger partial charge >= 0.3 is 0 Å². The molecule has 3 fully saturated rings. The molecule has 4 unspecified atom stereocenters. The number of aliphatic hydroxyl groups is 1. The number of β-amino-alcohol motifs (C(OH)–C–C–N with tert-alkyl or cyclic N) is 1. The summed E-state index contributed by atoms with van der Waals surface area (Å²) in [4.78, 5) is 25.8. The third kappa shape index (κ3) is 0.910. The number of imide groups is 1. The molecule has 2 saturated carbocycles. The molecule has 4 aliphatic rings. The number of allylic oxidation sites excluding steroid dienone is 2. The first kappa shape index (κ1) is 9.83. The van der Waals surface area contributed by atoms with Gasteiger partial charge < -0.3 is 5.11 Å². The Hall–Kier alpha value is -1.16. The van der Waals surface area contributed by atoms with E-state index in [4.69, 9.17) is 5.11 Å². The van der Waals surface area contributed by atoms with Crippen LogP contribution in [0.15, 0.2) is 12.2 Å². The molecule has 1 N–H and O–H groups in total. The van der Waals surface area contributed by atoms with Gasteiger partial charge in [0.25, 0.3) is 0 Å². The Morgan fingerprint density at radius 3 is 2.12 bits per heavy atom. The van der Waals surface area contributed by atoms with Crippen LogP contribution in [0.3, 0.4) is 0 Å². The highest BCUT2D eigenvalue weighted by atomic mass is 16.3. The Morgan fingerprint density at radius 1 is 1.18 bits per heavy atom. The van der Waals surface area contributed by atoms with Crippen LogP contribution in [-0.2, 0) is 9.59 Å². The summed E-state index contributed by atoms with van der Waals surface area (Å²) in [6, 6.07) is 0. The zero-order valence-corrected chi connectivity index (χ0v) is 9.50. The second-order valence-corrected chi connectivity index (χ2v) is 5.77. The molecular formula is C13H15NO3. The van der Waals surface area contributed by atoms with Crippen molar-refractivity contribution in [2.45, 2.75) is 12.8 Å². The number of fused-ring (bicyclic) bond motifs is 3. The number of carbonyl (C=O) groups is 2. The molecule has 0 aromatic heterocycles. The fourth-order valence-corrected chi connectivity index (χ4v) is 4.46. The molecule has 4 nitrogen and oxygen atoms in total. The van der Waals surface area contributed by atoms with Crippen molar-refractivity contribution in [1.29, 1.82) is 0 Å². The van der Waals surface area contributed by atoms with Crippen LogP contribution in [0.2, 0.25) is 0 Å². The molecule has 3 aliphatic carbocycles. The van der Waals surface area contributed by atoms with Crippen molar-refractivity contribution >= 4 is 11.8 Å². The SMILES string of the molecule is O=C1C2C(C(=O)N1CCO)C1C=CC2C12CC2. The molecule has 90 valence electrons. The molecule has 1 saturated heterocycles. The quantitative estimate of drug-likeness (QED) is 0.546. The molecule has 2 bridgehead atoms. The molecule has 4 rings (SSSR count). The molecule has 1 aliphatic heterocycles. The van der Waals surface area contributed by atoms with Crippen molar-refractivity contribution < 1.29 is 14.7 Å². The summed E-state index contributed by atoms with van der Waals surface area (Å²) in [6.07, 6.45) is 6.66. The maximum atomic E-state index is 12.3. The molecule has 1 heterocycles. The van der Waals surface area contributed by atoms with Gasteiger partial charge in [-0.25, -0.2) is 0 Å². The first-order chi connectivity index (χ1) is 8.20. The van der Waals surface area contributed by atoms with Gasteiger partial charge in [-0.1, -0.05) is 12.2 Å². The van der Waals surface area contributed by atoms with Crippen molar-refractivity contribution in [3.8, 4) is 0 Å². The van der Waals surface area contributed by atoms with Crippen LogP contribution < -0.4 is 0 Å². The minimum atomic E-state index is -0.134. The number of nitrogens with zero attached hydrogens (tertiary/aromatic N) is 1. The largest absolute Gasteiger partial charge is 0.395 e. The van der Waals surface area contributed by atoms with E-state index in [1.165, 1.54) is 17.7 Å². The first-order valence-electron chi connectivity index (χ1n) is 6.35. The van der Waals surface area contributed by atoms with Crippen LogP contribution >= 0.6 is 0 Å². The average molecular weight is 233 g/mol. The van der Waals surface area contributed by atoms with Crippen LogP contribution in [-0.4, -0.2) is 35.0 Å². The monoisotopic (exact) mass is 233 g/mol. The number of hydrogen-bond acceptors (Lipinski definition) is 3. The molecule has 17 heavy (non-hydrogen) atoms. The van der Waals surface area contributed by atoms with Crippen LogP contribution in [0.4, 0.5) is 0 Å². The summed E-state index contributed by atoms with van der Waals surface area (Å²) >= 11 is 0. The van der Waals surface area contributed by atoms with Crippen molar-refractivity contribution in [2.75, 3.05) is 13.2 Å². The minimum Gasteiger partial charge on any atom is -0.395 e. The lowest BCUT2D eigenvalue weighted by Gasteiger charge is -2.20. The number of likely N-dealkylation sites (tertiary alicyclic amines) is 1. The molecule has 2 amide bonds. The van der Waals surface area contributed by atoms with E-state index in [0.29, 0.717) is 0 Å². The van der Waals surface area contributed by atoms with Gasteiger partial charge in [-0.15, -0.1) is 0 Å². The summed E-state index contributed by atoms with van der Waals surface area (Å²) in [7, 11) is 0. The van der Waals surface area contributed by atoms with Crippen LogP contribution in [0, 0.1) is 29.1 Å². The first-order valence-corrected chi connectivity index (χ1v) is 6.35. The molecule has 0 aromatic carbocycles. The lowest BCUT2D eigenvalue weighted by atomic mass is 9.85. The zero-order chi connectivity index (χ0) is 11.8. The molecule has 4 atom stereocenters. The summed E-state index contributed by atoms with van der Waals surface area (Å²) in [5, 5.41) is 8.93. The number of carbonyl (C=O) groups excluding carboxylic acids is 2. The van der Waals surface area contributed by atoms with Gasteiger partial charge in [0.15, 0.2) is 0 Å². The van der Waals surface area contributed by atoms with Crippen molar-refractivity contribution in [1.82, 2.24) is 4.90 Å². The number of rotatable bonds is 2. The highest BCUT2D eigenvalue weighted by Crippen LogP contribution is 2.73. The van der Waals surface area contributed by atoms with E-state index in [0.717, 1.165) is 0 Å². The number of aliphatic hydroxyl groups excluding tert-OH is 1. The van der Waals surface area contributed by atoms with E-state index in [-0.39, 0.29) is 54.1 Å². The lowest BCUT2D eigenvalue weighted by Crippen LogP contribution is -2.36. The van der Waals surface area contributed by atoms with E-state index in [1.54, 1.807) is 0 Å². The Morgan fingerprint density at radius 2 is 1.71 bits per heavy atom. The van der Waals surface area contributed by atoms with E-state index in [1.807, 2.05) is 0 Å². The predicted octanol–water partition coefficient (Wildman–Crippen LogP) is 0.176. The Balaban J connectivity index is 1.74. The van der Waals surface area contributed by atoms with E-state index in [2.05, 4.69) is 12.2 Å². The van der Waals surface area contributed by atoms with Gasteiger partial charge in [0.05, 0.1) is 25.0 Å². The van der Waals surface area contributed by atoms with Gasteiger partial charge in [-0.05, 0) is 30.1 Å². The topological polar surface area (TPSA) is 57.6 Å². The molecule has 0 aromatic rings. The average Bonchev–Trinajstić information content (AvgIpc) is 2.93. The summed E-state index contributed by atoms with van der Waals surface area (Å²) in [5.74, 6) is 0.253. The number of hydrogen-bond donors (Lipinski definition) is 1. The zero-order valence-electron chi connectivity index (χ0n) is 9.50. The number of amides is 2. The van der Waals surface area contributed by atoms with Gasteiger partial charge in [0, 0.05) is 0 Å². The molecule has 0 radical (unpaired) electrons. The summed E-state index contributed by atoms with van der Waals surface area (Å²) in [6.45, 7) is 0.0297. The highest BCUT2D eigenvalue weighted by molar-refractivity contribution is 6.06. The normalized spacial score (nSPS) is 43.9. The fourth-order valence-electron chi connectivity index (χ4n) is 4.46. The van der Waals surface area contributed by atoms with Crippen LogP contribution in [0.5, 0.6) is 0 Å². The smallest absolute Gasteiger partial charge is 0.233 e. The lowest BCUT2D eigenvalue weighted by molar-refractivity contribution is -0.141. The standard InChI is InChI=1S/C13H15NO3/c15-6-5-14-11(16)9-7-1-2-8(10(9)12(14)17)13(7)3-4-13/h1-2,7-10,15H,3-6H2. The van der Waals surface area contributed by atoms with Gasteiger partial charge in [-0.3, -0.25) is 14.5 Å². The third-order valence-electron chi connectivity index (χ3n) is 5.27.